The molecule has 0 radical (unpaired) electrons. The van der Waals surface area contributed by atoms with Gasteiger partial charge in [-0.3, -0.25) is 14.9 Å². The number of hydrogen-bond donors (Lipinski definition) is 1. The largest absolute Gasteiger partial charge is 0.462 e. The molecule has 0 spiro atoms. The molecule has 0 atom stereocenters. The van der Waals surface area contributed by atoms with Crippen LogP contribution in [0, 0.1) is 13.8 Å². The first-order chi connectivity index (χ1) is 13.2. The minimum Gasteiger partial charge on any atom is -0.462 e. The fourth-order valence-corrected chi connectivity index (χ4v) is 2.52. The Balaban J connectivity index is 2.11. The lowest BCUT2D eigenvalue weighted by atomic mass is 10.1. The number of carbonyl (C=O) groups excluding carboxylic acids is 4. The van der Waals surface area contributed by atoms with Gasteiger partial charge in [0.05, 0.1) is 17.7 Å². The smallest absolute Gasteiger partial charge is 0.344 e. The van der Waals surface area contributed by atoms with Gasteiger partial charge in [-0.25, -0.2) is 9.59 Å². The molecule has 2 aromatic rings. The monoisotopic (exact) mass is 387 g/mol. The van der Waals surface area contributed by atoms with Crippen LogP contribution < -0.4 is 5.32 Å². The summed E-state index contributed by atoms with van der Waals surface area (Å²) in [5, 5.41) is 2.35. The fourth-order valence-electron chi connectivity index (χ4n) is 2.52. The number of ether oxygens (including phenoxy) is 2. The number of nitrogens with one attached hydrogen (secondary N) is 1. The van der Waals surface area contributed by atoms with Gasteiger partial charge in [0.15, 0.2) is 12.4 Å². The Morgan fingerprint density at radius 1 is 0.964 bits per heavy atom. The highest BCUT2D eigenvalue weighted by Crippen LogP contribution is 2.28. The third kappa shape index (κ3) is 4.85. The van der Waals surface area contributed by atoms with Crippen molar-refractivity contribution < 1.29 is 33.1 Å². The number of amides is 1. The third-order valence-electron chi connectivity index (χ3n) is 3.79. The van der Waals surface area contributed by atoms with Gasteiger partial charge in [-0.05, 0) is 39.8 Å². The molecule has 1 amide bonds. The Kier molecular flexibility index (Phi) is 6.70. The topological polar surface area (TPSA) is 112 Å². The first-order valence-corrected chi connectivity index (χ1v) is 8.59. The number of ketones is 1. The highest BCUT2D eigenvalue weighted by molar-refractivity contribution is 6.10. The fraction of sp³-hybridized carbons (Fsp3) is 0.300. The number of anilines is 1. The van der Waals surface area contributed by atoms with Crippen LogP contribution in [0.3, 0.4) is 0 Å². The van der Waals surface area contributed by atoms with E-state index < -0.39 is 30.2 Å². The molecule has 28 heavy (non-hydrogen) atoms. The van der Waals surface area contributed by atoms with Crippen molar-refractivity contribution >= 4 is 29.5 Å². The van der Waals surface area contributed by atoms with Gasteiger partial charge in [-0.1, -0.05) is 17.7 Å². The van der Waals surface area contributed by atoms with E-state index in [9.17, 15) is 19.2 Å². The van der Waals surface area contributed by atoms with E-state index in [1.807, 2.05) is 6.92 Å². The number of hydrogen-bond acceptors (Lipinski definition) is 7. The van der Waals surface area contributed by atoms with Crippen LogP contribution in [0.15, 0.2) is 28.7 Å². The molecule has 148 valence electrons. The second kappa shape index (κ2) is 8.98. The first-order valence-electron chi connectivity index (χ1n) is 8.59. The normalized spacial score (nSPS) is 10.3. The van der Waals surface area contributed by atoms with Crippen molar-refractivity contribution in [3.63, 3.8) is 0 Å². The van der Waals surface area contributed by atoms with E-state index in [0.717, 1.165) is 5.56 Å². The Labute approximate surface area is 161 Å². The Morgan fingerprint density at radius 3 is 2.18 bits per heavy atom. The molecule has 8 heteroatoms. The number of aryl methyl sites for hydroxylation is 2. The van der Waals surface area contributed by atoms with Crippen LogP contribution in [-0.2, 0) is 14.3 Å². The molecule has 0 aliphatic rings. The number of Topliss-reactive ketones (excluding diaryl/α,β-unsaturated/α-hetero) is 1. The van der Waals surface area contributed by atoms with Gasteiger partial charge in [0.1, 0.15) is 11.3 Å². The van der Waals surface area contributed by atoms with Gasteiger partial charge in [0, 0.05) is 0 Å². The van der Waals surface area contributed by atoms with Crippen molar-refractivity contribution in [3.05, 3.63) is 52.3 Å². The van der Waals surface area contributed by atoms with Gasteiger partial charge in [0.25, 0.3) is 5.91 Å². The lowest BCUT2D eigenvalue weighted by Gasteiger charge is -2.07. The van der Waals surface area contributed by atoms with Crippen LogP contribution in [0.2, 0.25) is 0 Å². The third-order valence-corrected chi connectivity index (χ3v) is 3.79. The summed E-state index contributed by atoms with van der Waals surface area (Å²) >= 11 is 0. The highest BCUT2D eigenvalue weighted by Gasteiger charge is 2.28. The van der Waals surface area contributed by atoms with Crippen molar-refractivity contribution in [1.82, 2.24) is 0 Å². The highest BCUT2D eigenvalue weighted by atomic mass is 16.5. The zero-order valence-electron chi connectivity index (χ0n) is 16.1. The minimum atomic E-state index is -0.795. The van der Waals surface area contributed by atoms with Crippen molar-refractivity contribution in [2.45, 2.75) is 27.7 Å². The molecule has 1 N–H and O–H groups in total. The number of furan rings is 1. The van der Waals surface area contributed by atoms with E-state index in [1.54, 1.807) is 31.2 Å². The number of esters is 2. The van der Waals surface area contributed by atoms with Gasteiger partial charge in [-0.15, -0.1) is 0 Å². The van der Waals surface area contributed by atoms with Gasteiger partial charge in [0.2, 0.25) is 5.88 Å². The summed E-state index contributed by atoms with van der Waals surface area (Å²) < 4.78 is 15.2. The Morgan fingerprint density at radius 2 is 1.61 bits per heavy atom. The maximum Gasteiger partial charge on any atom is 0.344 e. The number of carbonyl (C=O) groups is 4. The summed E-state index contributed by atoms with van der Waals surface area (Å²) in [5.74, 6) is -2.65. The van der Waals surface area contributed by atoms with Crippen molar-refractivity contribution in [2.75, 3.05) is 18.5 Å². The van der Waals surface area contributed by atoms with Gasteiger partial charge in [-0.2, -0.15) is 0 Å². The van der Waals surface area contributed by atoms with Crippen LogP contribution in [0.4, 0.5) is 5.88 Å². The standard InChI is InChI=1S/C20H21NO7/c1-5-26-20(25)17-16(12(3)22)13(4)28-18(17)21-15(23)10-27-19(24)14-8-6-11(2)7-9-14/h6-9H,5,10H2,1-4H3,(H,21,23). The predicted octanol–water partition coefficient (Wildman–Crippen LogP) is 3.07. The lowest BCUT2D eigenvalue weighted by Crippen LogP contribution is -2.22. The molecule has 0 aliphatic carbocycles. The van der Waals surface area contributed by atoms with E-state index in [4.69, 9.17) is 13.9 Å². The summed E-state index contributed by atoms with van der Waals surface area (Å²) in [6.07, 6.45) is 0. The molecular formula is C20H21NO7. The van der Waals surface area contributed by atoms with Crippen LogP contribution in [0.25, 0.3) is 0 Å². The average molecular weight is 387 g/mol. The maximum atomic E-state index is 12.2. The molecule has 8 nitrogen and oxygen atoms in total. The van der Waals surface area contributed by atoms with Crippen LogP contribution in [0.1, 0.15) is 56.2 Å². The molecular weight excluding hydrogens is 366 g/mol. The van der Waals surface area contributed by atoms with Gasteiger partial charge < -0.3 is 13.9 Å². The lowest BCUT2D eigenvalue weighted by molar-refractivity contribution is -0.119. The molecule has 1 aromatic heterocycles. The second-order valence-corrected chi connectivity index (χ2v) is 6.00. The molecule has 0 saturated heterocycles. The summed E-state index contributed by atoms with van der Waals surface area (Å²) in [6.45, 7) is 5.75. The summed E-state index contributed by atoms with van der Waals surface area (Å²) in [6, 6.07) is 6.67. The molecule has 1 heterocycles. The van der Waals surface area contributed by atoms with Crippen LogP contribution >= 0.6 is 0 Å². The zero-order valence-corrected chi connectivity index (χ0v) is 16.1. The average Bonchev–Trinajstić information content (AvgIpc) is 2.96. The van der Waals surface area contributed by atoms with Gasteiger partial charge >= 0.3 is 11.9 Å². The number of benzene rings is 1. The minimum absolute atomic E-state index is 0.0328. The van der Waals surface area contributed by atoms with Crippen molar-refractivity contribution in [1.29, 1.82) is 0 Å². The Bertz CT molecular complexity index is 909. The van der Waals surface area contributed by atoms with Crippen molar-refractivity contribution in [2.24, 2.45) is 0 Å². The molecule has 1 aromatic carbocycles. The molecule has 0 unspecified atom stereocenters. The predicted molar refractivity (Wildman–Crippen MR) is 99.5 cm³/mol. The van der Waals surface area contributed by atoms with E-state index in [2.05, 4.69) is 5.32 Å². The molecule has 0 aliphatic heterocycles. The van der Waals surface area contributed by atoms with E-state index in [0.29, 0.717) is 5.56 Å². The molecule has 0 saturated carbocycles. The summed E-state index contributed by atoms with van der Waals surface area (Å²) in [7, 11) is 0. The Hall–Kier alpha value is -3.42. The van der Waals surface area contributed by atoms with Crippen molar-refractivity contribution in [3.8, 4) is 0 Å². The quantitative estimate of drug-likeness (QED) is 0.574. The van der Waals surface area contributed by atoms with E-state index in [-0.39, 0.29) is 29.4 Å². The summed E-state index contributed by atoms with van der Waals surface area (Å²) in [5.41, 5.74) is 1.16. The molecule has 0 fully saturated rings. The zero-order chi connectivity index (χ0) is 20.8. The van der Waals surface area contributed by atoms with Crippen LogP contribution in [0.5, 0.6) is 0 Å². The SMILES string of the molecule is CCOC(=O)c1c(NC(=O)COC(=O)c2ccc(C)cc2)oc(C)c1C(C)=O. The summed E-state index contributed by atoms with van der Waals surface area (Å²) in [4.78, 5) is 48.2. The molecule has 0 bridgehead atoms. The van der Waals surface area contributed by atoms with E-state index >= 15 is 0 Å². The molecule has 2 rings (SSSR count). The second-order valence-electron chi connectivity index (χ2n) is 6.00. The first kappa shape index (κ1) is 20.9. The maximum absolute atomic E-state index is 12.2. The number of rotatable bonds is 7. The van der Waals surface area contributed by atoms with Crippen LogP contribution in [-0.4, -0.2) is 36.8 Å². The van der Waals surface area contributed by atoms with E-state index in [1.165, 1.54) is 13.8 Å².